The van der Waals surface area contributed by atoms with Gasteiger partial charge < -0.3 is 10.8 Å². The van der Waals surface area contributed by atoms with Gasteiger partial charge in [-0.25, -0.2) is 0 Å². The quantitative estimate of drug-likeness (QED) is 0.881. The molecule has 6 heteroatoms. The number of halogens is 4. The number of hydrogen-bond acceptors (Lipinski definition) is 2. The maximum Gasteiger partial charge on any atom is 0.416 e. The lowest BCUT2D eigenvalue weighted by molar-refractivity contribution is -0.137. The maximum atomic E-state index is 12.7. The lowest BCUT2D eigenvalue weighted by Crippen LogP contribution is -2.36. The fourth-order valence-electron chi connectivity index (χ4n) is 1.70. The number of rotatable bonds is 3. The van der Waals surface area contributed by atoms with Gasteiger partial charge in [-0.05, 0) is 35.6 Å². The van der Waals surface area contributed by atoms with Crippen LogP contribution in [0.5, 0.6) is 0 Å². The second-order valence-corrected chi connectivity index (χ2v) is 6.37. The summed E-state index contributed by atoms with van der Waals surface area (Å²) in [4.78, 5) is 0. The standard InChI is InChI=1S/C14H19ClF3NO/c1-13(2,3)12(19)7-11(20)9-6-8(14(16,17)18)4-5-10(9)15/h4-6,11-12,20H,7,19H2,1-3H3/t11-,12+/m0/s1. The van der Waals surface area contributed by atoms with Crippen molar-refractivity contribution < 1.29 is 18.3 Å². The number of aliphatic hydroxyl groups is 1. The Kier molecular flexibility index (Phi) is 5.11. The van der Waals surface area contributed by atoms with Crippen LogP contribution >= 0.6 is 11.6 Å². The summed E-state index contributed by atoms with van der Waals surface area (Å²) in [6.07, 6.45) is -5.45. The summed E-state index contributed by atoms with van der Waals surface area (Å²) >= 11 is 5.87. The van der Waals surface area contributed by atoms with Crippen LogP contribution in [0.25, 0.3) is 0 Å². The predicted octanol–water partition coefficient (Wildman–Crippen LogP) is 4.16. The topological polar surface area (TPSA) is 46.2 Å². The fourth-order valence-corrected chi connectivity index (χ4v) is 1.94. The second kappa shape index (κ2) is 5.92. The minimum atomic E-state index is -4.47. The van der Waals surface area contributed by atoms with Gasteiger partial charge in [-0.3, -0.25) is 0 Å². The number of benzene rings is 1. The first-order valence-electron chi connectivity index (χ1n) is 6.23. The molecule has 3 N–H and O–H groups in total. The van der Waals surface area contributed by atoms with E-state index >= 15 is 0 Å². The van der Waals surface area contributed by atoms with Gasteiger partial charge >= 0.3 is 6.18 Å². The number of alkyl halides is 3. The van der Waals surface area contributed by atoms with Gasteiger partial charge in [0.1, 0.15) is 0 Å². The van der Waals surface area contributed by atoms with Crippen LogP contribution in [0.15, 0.2) is 18.2 Å². The van der Waals surface area contributed by atoms with Crippen LogP contribution in [0.4, 0.5) is 13.2 Å². The Morgan fingerprint density at radius 2 is 1.80 bits per heavy atom. The lowest BCUT2D eigenvalue weighted by atomic mass is 9.83. The van der Waals surface area contributed by atoms with Crippen LogP contribution in [-0.4, -0.2) is 11.1 Å². The molecule has 0 radical (unpaired) electrons. The molecule has 0 saturated heterocycles. The molecular weight excluding hydrogens is 291 g/mol. The number of aliphatic hydroxyl groups excluding tert-OH is 1. The Bertz CT molecular complexity index is 468. The molecule has 1 rings (SSSR count). The van der Waals surface area contributed by atoms with Gasteiger partial charge in [0.05, 0.1) is 11.7 Å². The summed E-state index contributed by atoms with van der Waals surface area (Å²) < 4.78 is 38.0. The van der Waals surface area contributed by atoms with Gasteiger partial charge in [0, 0.05) is 11.1 Å². The summed E-state index contributed by atoms with van der Waals surface area (Å²) in [6, 6.07) is 2.55. The summed E-state index contributed by atoms with van der Waals surface area (Å²) in [6.45, 7) is 5.70. The van der Waals surface area contributed by atoms with Gasteiger partial charge in [-0.2, -0.15) is 13.2 Å². The zero-order valence-electron chi connectivity index (χ0n) is 11.6. The van der Waals surface area contributed by atoms with Gasteiger partial charge in [0.25, 0.3) is 0 Å². The van der Waals surface area contributed by atoms with E-state index < -0.39 is 17.8 Å². The van der Waals surface area contributed by atoms with E-state index in [9.17, 15) is 18.3 Å². The molecule has 1 aromatic rings. The van der Waals surface area contributed by atoms with Crippen molar-refractivity contribution in [3.05, 3.63) is 34.3 Å². The third-order valence-electron chi connectivity index (χ3n) is 3.27. The van der Waals surface area contributed by atoms with Crippen LogP contribution in [0.3, 0.4) is 0 Å². The van der Waals surface area contributed by atoms with Crippen molar-refractivity contribution in [2.24, 2.45) is 11.1 Å². The Balaban J connectivity index is 3.01. The van der Waals surface area contributed by atoms with Gasteiger partial charge in [-0.15, -0.1) is 0 Å². The Morgan fingerprint density at radius 1 is 1.25 bits per heavy atom. The molecule has 0 heterocycles. The normalized spacial score (nSPS) is 16.1. The fraction of sp³-hybridized carbons (Fsp3) is 0.571. The third-order valence-corrected chi connectivity index (χ3v) is 3.62. The third kappa shape index (κ3) is 4.36. The molecule has 0 aliphatic heterocycles. The van der Waals surface area contributed by atoms with Crippen LogP contribution in [-0.2, 0) is 6.18 Å². The molecule has 2 atom stereocenters. The van der Waals surface area contributed by atoms with E-state index in [1.54, 1.807) is 0 Å². The van der Waals surface area contributed by atoms with Crippen molar-refractivity contribution in [3.8, 4) is 0 Å². The smallest absolute Gasteiger partial charge is 0.388 e. The van der Waals surface area contributed by atoms with E-state index in [0.29, 0.717) is 0 Å². The van der Waals surface area contributed by atoms with Crippen molar-refractivity contribution in [3.63, 3.8) is 0 Å². The van der Waals surface area contributed by atoms with Gasteiger partial charge in [0.15, 0.2) is 0 Å². The van der Waals surface area contributed by atoms with E-state index in [1.165, 1.54) is 0 Å². The molecule has 2 nitrogen and oxygen atoms in total. The molecule has 0 fully saturated rings. The molecule has 0 bridgehead atoms. The highest BCUT2D eigenvalue weighted by Gasteiger charge is 2.32. The van der Waals surface area contributed by atoms with Crippen LogP contribution < -0.4 is 5.73 Å². The average molecular weight is 310 g/mol. The molecule has 0 aliphatic carbocycles. The molecule has 0 saturated carbocycles. The van der Waals surface area contributed by atoms with Crippen molar-refractivity contribution in [1.82, 2.24) is 0 Å². The molecule has 0 aromatic heterocycles. The minimum Gasteiger partial charge on any atom is -0.388 e. The van der Waals surface area contributed by atoms with E-state index in [4.69, 9.17) is 17.3 Å². The minimum absolute atomic E-state index is 0.0567. The summed E-state index contributed by atoms with van der Waals surface area (Å²) in [5.74, 6) is 0. The first kappa shape index (κ1) is 17.3. The summed E-state index contributed by atoms with van der Waals surface area (Å²) in [5.41, 5.74) is 4.91. The largest absolute Gasteiger partial charge is 0.416 e. The highest BCUT2D eigenvalue weighted by Crippen LogP contribution is 2.35. The van der Waals surface area contributed by atoms with E-state index in [1.807, 2.05) is 20.8 Å². The molecule has 20 heavy (non-hydrogen) atoms. The maximum absolute atomic E-state index is 12.7. The number of nitrogens with two attached hydrogens (primary N) is 1. The van der Waals surface area contributed by atoms with Crippen molar-refractivity contribution >= 4 is 11.6 Å². The van der Waals surface area contributed by atoms with Gasteiger partial charge in [-0.1, -0.05) is 32.4 Å². The monoisotopic (exact) mass is 309 g/mol. The van der Waals surface area contributed by atoms with E-state index in [2.05, 4.69) is 0 Å². The van der Waals surface area contributed by atoms with Crippen LogP contribution in [0.2, 0.25) is 5.02 Å². The Morgan fingerprint density at radius 3 is 2.25 bits per heavy atom. The van der Waals surface area contributed by atoms with Crippen molar-refractivity contribution in [2.75, 3.05) is 0 Å². The Labute approximate surface area is 121 Å². The molecule has 0 unspecified atom stereocenters. The second-order valence-electron chi connectivity index (χ2n) is 5.96. The molecular formula is C14H19ClF3NO. The summed E-state index contributed by atoms with van der Waals surface area (Å²) in [7, 11) is 0. The first-order chi connectivity index (χ1) is 8.93. The SMILES string of the molecule is CC(C)(C)[C@H](N)C[C@H](O)c1cc(C(F)(F)F)ccc1Cl. The molecule has 1 aromatic carbocycles. The Hall–Kier alpha value is -0.780. The zero-order chi connectivity index (χ0) is 15.7. The average Bonchev–Trinajstić information content (AvgIpc) is 2.26. The predicted molar refractivity (Wildman–Crippen MR) is 73.5 cm³/mol. The highest BCUT2D eigenvalue weighted by molar-refractivity contribution is 6.31. The van der Waals surface area contributed by atoms with Crippen LogP contribution in [0.1, 0.15) is 44.4 Å². The molecule has 0 amide bonds. The molecule has 114 valence electrons. The first-order valence-corrected chi connectivity index (χ1v) is 6.61. The summed E-state index contributed by atoms with van der Waals surface area (Å²) in [5, 5.41) is 10.2. The van der Waals surface area contributed by atoms with E-state index in [-0.39, 0.29) is 28.5 Å². The van der Waals surface area contributed by atoms with Crippen molar-refractivity contribution in [1.29, 1.82) is 0 Å². The lowest BCUT2D eigenvalue weighted by Gasteiger charge is -2.29. The van der Waals surface area contributed by atoms with Crippen molar-refractivity contribution in [2.45, 2.75) is 45.5 Å². The highest BCUT2D eigenvalue weighted by atomic mass is 35.5. The van der Waals surface area contributed by atoms with Gasteiger partial charge in [0.2, 0.25) is 0 Å². The molecule has 0 spiro atoms. The van der Waals surface area contributed by atoms with Crippen LogP contribution in [0, 0.1) is 5.41 Å². The molecule has 0 aliphatic rings. The number of hydrogen-bond donors (Lipinski definition) is 2. The zero-order valence-corrected chi connectivity index (χ0v) is 12.4. The van der Waals surface area contributed by atoms with E-state index in [0.717, 1.165) is 18.2 Å².